The maximum atomic E-state index is 10.9. The number of nitrogens with one attached hydrogen (secondary N) is 1. The highest BCUT2D eigenvalue weighted by molar-refractivity contribution is 5.70. The minimum absolute atomic E-state index is 0.141. The SMILES string of the molecule is CCOCCCNC1CCCC(C(=O)O)C1. The van der Waals surface area contributed by atoms with Crippen molar-refractivity contribution in [1.82, 2.24) is 5.32 Å². The highest BCUT2D eigenvalue weighted by atomic mass is 16.5. The standard InChI is InChI=1S/C12H23NO3/c1-2-16-8-4-7-13-11-6-3-5-10(9-11)12(14)15/h10-11,13H,2-9H2,1H3,(H,14,15). The van der Waals surface area contributed by atoms with Gasteiger partial charge in [-0.1, -0.05) is 6.42 Å². The fourth-order valence-electron chi connectivity index (χ4n) is 2.22. The van der Waals surface area contributed by atoms with Crippen molar-refractivity contribution in [2.45, 2.75) is 45.1 Å². The van der Waals surface area contributed by atoms with E-state index in [0.717, 1.165) is 51.9 Å². The van der Waals surface area contributed by atoms with Gasteiger partial charge >= 0.3 is 5.97 Å². The van der Waals surface area contributed by atoms with E-state index in [2.05, 4.69) is 5.32 Å². The molecule has 0 bridgehead atoms. The maximum absolute atomic E-state index is 10.9. The zero-order valence-electron chi connectivity index (χ0n) is 10.1. The molecule has 1 rings (SSSR count). The molecule has 2 atom stereocenters. The van der Waals surface area contributed by atoms with E-state index in [1.54, 1.807) is 0 Å². The molecule has 2 unspecified atom stereocenters. The van der Waals surface area contributed by atoms with Crippen LogP contribution in [0, 0.1) is 5.92 Å². The van der Waals surface area contributed by atoms with E-state index in [-0.39, 0.29) is 5.92 Å². The van der Waals surface area contributed by atoms with Gasteiger partial charge in [-0.25, -0.2) is 0 Å². The lowest BCUT2D eigenvalue weighted by Gasteiger charge is -2.27. The number of carboxylic acid groups (broad SMARTS) is 1. The normalized spacial score (nSPS) is 25.6. The third-order valence-electron chi connectivity index (χ3n) is 3.13. The average Bonchev–Trinajstić information content (AvgIpc) is 2.29. The number of aliphatic carboxylic acids is 1. The Morgan fingerprint density at radius 2 is 2.31 bits per heavy atom. The van der Waals surface area contributed by atoms with E-state index in [0.29, 0.717) is 6.04 Å². The van der Waals surface area contributed by atoms with E-state index in [1.807, 2.05) is 6.92 Å². The minimum atomic E-state index is -0.638. The molecule has 1 saturated carbocycles. The first kappa shape index (κ1) is 13.5. The Balaban J connectivity index is 2.10. The molecule has 0 aliphatic heterocycles. The van der Waals surface area contributed by atoms with Crippen molar-refractivity contribution < 1.29 is 14.6 Å². The summed E-state index contributed by atoms with van der Waals surface area (Å²) in [4.78, 5) is 10.9. The second kappa shape index (κ2) is 7.63. The lowest BCUT2D eigenvalue weighted by molar-refractivity contribution is -0.143. The number of hydrogen-bond donors (Lipinski definition) is 2. The molecule has 4 nitrogen and oxygen atoms in total. The van der Waals surface area contributed by atoms with Gasteiger partial charge in [0.25, 0.3) is 0 Å². The number of carboxylic acids is 1. The summed E-state index contributed by atoms with van der Waals surface area (Å²) in [6.45, 7) is 4.48. The molecule has 0 aromatic heterocycles. The van der Waals surface area contributed by atoms with Crippen molar-refractivity contribution in [2.75, 3.05) is 19.8 Å². The summed E-state index contributed by atoms with van der Waals surface area (Å²) in [5.74, 6) is -0.779. The summed E-state index contributed by atoms with van der Waals surface area (Å²) in [6.07, 6.45) is 4.76. The molecule has 1 fully saturated rings. The molecule has 0 radical (unpaired) electrons. The Bertz CT molecular complexity index is 208. The summed E-state index contributed by atoms with van der Waals surface area (Å²) in [5, 5.41) is 12.4. The first-order valence-electron chi connectivity index (χ1n) is 6.28. The quantitative estimate of drug-likeness (QED) is 0.652. The third-order valence-corrected chi connectivity index (χ3v) is 3.13. The van der Waals surface area contributed by atoms with Gasteiger partial charge in [0.2, 0.25) is 0 Å². The largest absolute Gasteiger partial charge is 0.481 e. The van der Waals surface area contributed by atoms with Crippen molar-refractivity contribution in [3.63, 3.8) is 0 Å². The van der Waals surface area contributed by atoms with Gasteiger partial charge in [-0.3, -0.25) is 4.79 Å². The number of rotatable bonds is 7. The van der Waals surface area contributed by atoms with Gasteiger partial charge < -0.3 is 15.2 Å². The van der Waals surface area contributed by atoms with E-state index in [1.165, 1.54) is 0 Å². The van der Waals surface area contributed by atoms with Gasteiger partial charge in [0.1, 0.15) is 0 Å². The Morgan fingerprint density at radius 1 is 1.50 bits per heavy atom. The van der Waals surface area contributed by atoms with Gasteiger partial charge in [0, 0.05) is 19.3 Å². The van der Waals surface area contributed by atoms with Crippen LogP contribution in [0.5, 0.6) is 0 Å². The molecule has 2 N–H and O–H groups in total. The van der Waals surface area contributed by atoms with Crippen LogP contribution in [0.4, 0.5) is 0 Å². The predicted octanol–water partition coefficient (Wildman–Crippen LogP) is 1.65. The Hall–Kier alpha value is -0.610. The molecular formula is C12H23NO3. The first-order chi connectivity index (χ1) is 7.74. The fraction of sp³-hybridized carbons (Fsp3) is 0.917. The Kier molecular flexibility index (Phi) is 6.42. The molecule has 0 saturated heterocycles. The minimum Gasteiger partial charge on any atom is -0.481 e. The molecule has 0 aromatic rings. The van der Waals surface area contributed by atoms with Gasteiger partial charge in [0.05, 0.1) is 5.92 Å². The molecule has 16 heavy (non-hydrogen) atoms. The second-order valence-corrected chi connectivity index (χ2v) is 4.40. The average molecular weight is 229 g/mol. The van der Waals surface area contributed by atoms with E-state index >= 15 is 0 Å². The second-order valence-electron chi connectivity index (χ2n) is 4.40. The van der Waals surface area contributed by atoms with Crippen molar-refractivity contribution in [3.05, 3.63) is 0 Å². The predicted molar refractivity (Wildman–Crippen MR) is 62.5 cm³/mol. The van der Waals surface area contributed by atoms with Crippen LogP contribution in [-0.2, 0) is 9.53 Å². The molecule has 0 heterocycles. The zero-order chi connectivity index (χ0) is 11.8. The van der Waals surface area contributed by atoms with Crippen molar-refractivity contribution >= 4 is 5.97 Å². The Morgan fingerprint density at radius 3 is 3.00 bits per heavy atom. The van der Waals surface area contributed by atoms with Gasteiger partial charge in [-0.05, 0) is 39.2 Å². The van der Waals surface area contributed by atoms with Gasteiger partial charge in [-0.15, -0.1) is 0 Å². The Labute approximate surface area is 97.4 Å². The van der Waals surface area contributed by atoms with E-state index in [9.17, 15) is 4.79 Å². The molecule has 1 aliphatic rings. The lowest BCUT2D eigenvalue weighted by Crippen LogP contribution is -2.37. The van der Waals surface area contributed by atoms with Crippen molar-refractivity contribution in [3.8, 4) is 0 Å². The fourth-order valence-corrected chi connectivity index (χ4v) is 2.22. The molecule has 0 amide bonds. The molecule has 4 heteroatoms. The summed E-state index contributed by atoms with van der Waals surface area (Å²) >= 11 is 0. The third kappa shape index (κ3) is 4.94. The molecule has 94 valence electrons. The molecule has 1 aliphatic carbocycles. The van der Waals surface area contributed by atoms with E-state index in [4.69, 9.17) is 9.84 Å². The highest BCUT2D eigenvalue weighted by Crippen LogP contribution is 2.24. The summed E-state index contributed by atoms with van der Waals surface area (Å²) < 4.78 is 5.25. The van der Waals surface area contributed by atoms with Crippen LogP contribution in [0.25, 0.3) is 0 Å². The van der Waals surface area contributed by atoms with Crippen LogP contribution >= 0.6 is 0 Å². The van der Waals surface area contributed by atoms with Crippen LogP contribution in [0.3, 0.4) is 0 Å². The van der Waals surface area contributed by atoms with E-state index < -0.39 is 5.97 Å². The number of hydrogen-bond acceptors (Lipinski definition) is 3. The van der Waals surface area contributed by atoms with Crippen molar-refractivity contribution in [2.24, 2.45) is 5.92 Å². The van der Waals surface area contributed by atoms with Gasteiger partial charge in [-0.2, -0.15) is 0 Å². The number of carbonyl (C=O) groups is 1. The topological polar surface area (TPSA) is 58.6 Å². The van der Waals surface area contributed by atoms with Crippen molar-refractivity contribution in [1.29, 1.82) is 0 Å². The summed E-state index contributed by atoms with van der Waals surface area (Å²) in [5.41, 5.74) is 0. The summed E-state index contributed by atoms with van der Waals surface area (Å²) in [6, 6.07) is 0.386. The summed E-state index contributed by atoms with van der Waals surface area (Å²) in [7, 11) is 0. The van der Waals surface area contributed by atoms with Crippen LogP contribution < -0.4 is 5.32 Å². The van der Waals surface area contributed by atoms with Crippen LogP contribution in [0.1, 0.15) is 39.0 Å². The first-order valence-corrected chi connectivity index (χ1v) is 6.28. The van der Waals surface area contributed by atoms with Crippen LogP contribution in [0.2, 0.25) is 0 Å². The zero-order valence-corrected chi connectivity index (χ0v) is 10.1. The monoisotopic (exact) mass is 229 g/mol. The molecule has 0 aromatic carbocycles. The molecular weight excluding hydrogens is 206 g/mol. The van der Waals surface area contributed by atoms with Gasteiger partial charge in [0.15, 0.2) is 0 Å². The number of ether oxygens (including phenoxy) is 1. The highest BCUT2D eigenvalue weighted by Gasteiger charge is 2.26. The van der Waals surface area contributed by atoms with Crippen LogP contribution in [0.15, 0.2) is 0 Å². The maximum Gasteiger partial charge on any atom is 0.306 e. The smallest absolute Gasteiger partial charge is 0.306 e. The lowest BCUT2D eigenvalue weighted by atomic mass is 9.86. The molecule has 0 spiro atoms. The van der Waals surface area contributed by atoms with Crippen LogP contribution in [-0.4, -0.2) is 36.9 Å².